The molecule has 36 heavy (non-hydrogen) atoms. The van der Waals surface area contributed by atoms with Gasteiger partial charge in [-0.2, -0.15) is 0 Å². The minimum absolute atomic E-state index is 0.0659. The first-order valence-electron chi connectivity index (χ1n) is 11.8. The average Bonchev–Trinajstić information content (AvgIpc) is 3.27. The summed E-state index contributed by atoms with van der Waals surface area (Å²) in [5, 5.41) is 15.1. The first-order valence-corrected chi connectivity index (χ1v) is 12.2. The number of nitrogens with zero attached hydrogens (tertiary/aromatic N) is 3. The molecule has 9 heteroatoms. The van der Waals surface area contributed by atoms with Crippen molar-refractivity contribution < 1.29 is 14.1 Å². The summed E-state index contributed by atoms with van der Waals surface area (Å²) in [6.07, 6.45) is 1.98. The maximum atomic E-state index is 13.0. The normalized spacial score (nSPS) is 14.2. The molecule has 4 aromatic rings. The number of amides is 1. The second-order valence-electron chi connectivity index (χ2n) is 9.27. The number of oxazole rings is 1. The summed E-state index contributed by atoms with van der Waals surface area (Å²) in [4.78, 5) is 30.9. The van der Waals surface area contributed by atoms with Crippen molar-refractivity contribution in [1.82, 2.24) is 4.98 Å². The Morgan fingerprint density at radius 3 is 2.64 bits per heavy atom. The molecule has 0 saturated carbocycles. The molecule has 1 aliphatic rings. The third-order valence-electron chi connectivity index (χ3n) is 6.56. The van der Waals surface area contributed by atoms with Gasteiger partial charge < -0.3 is 14.6 Å². The second-order valence-corrected chi connectivity index (χ2v) is 9.68. The number of carbonyl (C=O) groups is 1. The maximum Gasteiger partial charge on any atom is 0.293 e. The number of nitro groups is 1. The summed E-state index contributed by atoms with van der Waals surface area (Å²) in [6.45, 7) is 5.67. The summed E-state index contributed by atoms with van der Waals surface area (Å²) >= 11 is 6.35. The Bertz CT molecular complexity index is 1470. The van der Waals surface area contributed by atoms with E-state index in [-0.39, 0.29) is 11.3 Å². The van der Waals surface area contributed by atoms with Gasteiger partial charge in [0.25, 0.3) is 11.6 Å². The molecule has 1 N–H and O–H groups in total. The van der Waals surface area contributed by atoms with Gasteiger partial charge in [-0.1, -0.05) is 24.6 Å². The lowest BCUT2D eigenvalue weighted by Crippen LogP contribution is -2.33. The predicted octanol–water partition coefficient (Wildman–Crippen LogP) is 6.85. The van der Waals surface area contributed by atoms with E-state index in [0.29, 0.717) is 44.9 Å². The zero-order chi connectivity index (χ0) is 25.4. The zero-order valence-corrected chi connectivity index (χ0v) is 20.7. The minimum atomic E-state index is -0.443. The van der Waals surface area contributed by atoms with Crippen molar-refractivity contribution in [2.24, 2.45) is 5.92 Å². The van der Waals surface area contributed by atoms with Crippen LogP contribution in [0.25, 0.3) is 22.6 Å². The van der Waals surface area contributed by atoms with E-state index in [1.165, 1.54) is 6.07 Å². The van der Waals surface area contributed by atoms with Crippen molar-refractivity contribution in [1.29, 1.82) is 0 Å². The molecule has 184 valence electrons. The fourth-order valence-corrected chi connectivity index (χ4v) is 4.76. The highest BCUT2D eigenvalue weighted by molar-refractivity contribution is 6.33. The van der Waals surface area contributed by atoms with E-state index in [1.807, 2.05) is 30.0 Å². The summed E-state index contributed by atoms with van der Waals surface area (Å²) in [6, 6.07) is 15.4. The van der Waals surface area contributed by atoms with Crippen LogP contribution in [-0.4, -0.2) is 28.9 Å². The molecule has 0 radical (unpaired) electrons. The Balaban J connectivity index is 1.38. The highest BCUT2D eigenvalue weighted by atomic mass is 35.5. The molecule has 1 amide bonds. The van der Waals surface area contributed by atoms with Crippen LogP contribution in [0.2, 0.25) is 5.02 Å². The lowest BCUT2D eigenvalue weighted by atomic mass is 9.98. The summed E-state index contributed by atoms with van der Waals surface area (Å²) in [7, 11) is 0. The minimum Gasteiger partial charge on any atom is -0.436 e. The van der Waals surface area contributed by atoms with Crippen LogP contribution in [-0.2, 0) is 0 Å². The molecule has 5 rings (SSSR count). The monoisotopic (exact) mass is 504 g/mol. The Kier molecular flexibility index (Phi) is 6.36. The molecule has 0 unspecified atom stereocenters. The Morgan fingerprint density at radius 2 is 1.92 bits per heavy atom. The van der Waals surface area contributed by atoms with Crippen molar-refractivity contribution in [3.05, 3.63) is 80.9 Å². The summed E-state index contributed by atoms with van der Waals surface area (Å²) in [5.41, 5.74) is 4.01. The van der Waals surface area contributed by atoms with Gasteiger partial charge in [0.05, 0.1) is 15.5 Å². The standard InChI is InChI=1S/C27H25ClN4O4/c1-16-9-11-31(12-10-16)23-7-4-18(14-24(23)32(34)35)26(33)29-19-5-8-25-22(15-19)30-27(36-25)20-6-3-17(2)13-21(20)28/h3-8,13-16H,9-12H2,1-2H3,(H,29,33). The maximum absolute atomic E-state index is 13.0. The number of rotatable bonds is 5. The van der Waals surface area contributed by atoms with E-state index >= 15 is 0 Å². The van der Waals surface area contributed by atoms with Crippen LogP contribution < -0.4 is 10.2 Å². The van der Waals surface area contributed by atoms with Gasteiger partial charge in [-0.25, -0.2) is 4.98 Å². The SMILES string of the molecule is Cc1ccc(-c2nc3cc(NC(=O)c4ccc(N5CCC(C)CC5)c([N+](=O)[O-])c4)ccc3o2)c(Cl)c1. The molecule has 0 aliphatic carbocycles. The second kappa shape index (κ2) is 9.62. The lowest BCUT2D eigenvalue weighted by molar-refractivity contribution is -0.384. The number of halogens is 1. The molecule has 1 fully saturated rings. The number of fused-ring (bicyclic) bond motifs is 1. The zero-order valence-electron chi connectivity index (χ0n) is 20.0. The molecular weight excluding hydrogens is 480 g/mol. The number of piperidine rings is 1. The number of aromatic nitrogens is 1. The number of hydrogen-bond donors (Lipinski definition) is 1. The molecule has 2 heterocycles. The van der Waals surface area contributed by atoms with Crippen LogP contribution in [0.1, 0.15) is 35.7 Å². The molecule has 1 saturated heterocycles. The molecule has 1 aromatic heterocycles. The quantitative estimate of drug-likeness (QED) is 0.235. The molecule has 8 nitrogen and oxygen atoms in total. The van der Waals surface area contributed by atoms with Gasteiger partial charge in [-0.05, 0) is 73.7 Å². The van der Waals surface area contributed by atoms with Crippen LogP contribution in [0, 0.1) is 23.0 Å². The van der Waals surface area contributed by atoms with Crippen LogP contribution >= 0.6 is 11.6 Å². The summed E-state index contributed by atoms with van der Waals surface area (Å²) in [5.74, 6) is 0.552. The number of anilines is 2. The van der Waals surface area contributed by atoms with Gasteiger partial charge in [-0.15, -0.1) is 0 Å². The van der Waals surface area contributed by atoms with Crippen molar-refractivity contribution in [3.8, 4) is 11.5 Å². The lowest BCUT2D eigenvalue weighted by Gasteiger charge is -2.31. The first kappa shape index (κ1) is 23.8. The Labute approximate surface area is 213 Å². The van der Waals surface area contributed by atoms with Crippen LogP contribution in [0.4, 0.5) is 17.1 Å². The highest BCUT2D eigenvalue weighted by Crippen LogP contribution is 2.34. The fourth-order valence-electron chi connectivity index (χ4n) is 4.45. The molecule has 0 atom stereocenters. The predicted molar refractivity (Wildman–Crippen MR) is 141 cm³/mol. The molecule has 0 spiro atoms. The van der Waals surface area contributed by atoms with E-state index < -0.39 is 10.8 Å². The van der Waals surface area contributed by atoms with Crippen molar-refractivity contribution in [2.75, 3.05) is 23.3 Å². The smallest absolute Gasteiger partial charge is 0.293 e. The molecule has 3 aromatic carbocycles. The van der Waals surface area contributed by atoms with Crippen molar-refractivity contribution in [3.63, 3.8) is 0 Å². The van der Waals surface area contributed by atoms with Crippen molar-refractivity contribution >= 4 is 45.7 Å². The largest absolute Gasteiger partial charge is 0.436 e. The van der Waals surface area contributed by atoms with Gasteiger partial charge in [0.15, 0.2) is 5.58 Å². The highest BCUT2D eigenvalue weighted by Gasteiger charge is 2.25. The topological polar surface area (TPSA) is 102 Å². The van der Waals surface area contributed by atoms with E-state index in [9.17, 15) is 14.9 Å². The van der Waals surface area contributed by atoms with Gasteiger partial charge in [0.1, 0.15) is 11.2 Å². The number of aryl methyl sites for hydroxylation is 1. The first-order chi connectivity index (χ1) is 17.3. The van der Waals surface area contributed by atoms with Gasteiger partial charge in [-0.3, -0.25) is 14.9 Å². The Morgan fingerprint density at radius 1 is 1.14 bits per heavy atom. The molecule has 1 aliphatic heterocycles. The van der Waals surface area contributed by atoms with Gasteiger partial charge in [0.2, 0.25) is 5.89 Å². The molecule has 0 bridgehead atoms. The van der Waals surface area contributed by atoms with Gasteiger partial charge >= 0.3 is 0 Å². The van der Waals surface area contributed by atoms with Crippen LogP contribution in [0.15, 0.2) is 59.0 Å². The fraction of sp³-hybridized carbons (Fsp3) is 0.259. The van der Waals surface area contributed by atoms with E-state index in [4.69, 9.17) is 16.0 Å². The number of carbonyl (C=O) groups excluding carboxylic acids is 1. The third kappa shape index (κ3) is 4.77. The van der Waals surface area contributed by atoms with Crippen LogP contribution in [0.3, 0.4) is 0 Å². The van der Waals surface area contributed by atoms with Crippen LogP contribution in [0.5, 0.6) is 0 Å². The van der Waals surface area contributed by atoms with E-state index in [1.54, 1.807) is 30.3 Å². The third-order valence-corrected chi connectivity index (χ3v) is 6.87. The number of hydrogen-bond acceptors (Lipinski definition) is 6. The number of nitrogens with one attached hydrogen (secondary N) is 1. The number of nitro benzene ring substituents is 1. The van der Waals surface area contributed by atoms with E-state index in [0.717, 1.165) is 31.5 Å². The van der Waals surface area contributed by atoms with Gasteiger partial charge in [0, 0.05) is 30.4 Å². The average molecular weight is 505 g/mol. The summed E-state index contributed by atoms with van der Waals surface area (Å²) < 4.78 is 5.85. The Hall–Kier alpha value is -3.91. The van der Waals surface area contributed by atoms with Crippen molar-refractivity contribution in [2.45, 2.75) is 26.7 Å². The number of benzene rings is 3. The molecular formula is C27H25ClN4O4. The van der Waals surface area contributed by atoms with E-state index in [2.05, 4.69) is 17.2 Å².